The highest BCUT2D eigenvalue weighted by atomic mass is 16.6. The van der Waals surface area contributed by atoms with Crippen molar-refractivity contribution >= 4 is 29.2 Å². The lowest BCUT2D eigenvalue weighted by atomic mass is 10.2. The molecule has 0 saturated heterocycles. The first kappa shape index (κ1) is 14.8. The zero-order valence-corrected chi connectivity index (χ0v) is 10.9. The van der Waals surface area contributed by atoms with Gasteiger partial charge in [-0.1, -0.05) is 12.1 Å². The van der Waals surface area contributed by atoms with E-state index in [1.165, 1.54) is 18.2 Å². The fourth-order valence-electron chi connectivity index (χ4n) is 1.58. The third-order valence-corrected chi connectivity index (χ3v) is 2.54. The quantitative estimate of drug-likeness (QED) is 0.474. The minimum absolute atomic E-state index is 0.148. The van der Waals surface area contributed by atoms with Crippen LogP contribution in [-0.2, 0) is 0 Å². The summed E-state index contributed by atoms with van der Waals surface area (Å²) < 4.78 is 0. The Labute approximate surface area is 122 Å². The molecule has 0 saturated carbocycles. The summed E-state index contributed by atoms with van der Waals surface area (Å²) in [6.45, 7) is 0. The van der Waals surface area contributed by atoms with Crippen molar-refractivity contribution in [3.8, 4) is 0 Å². The van der Waals surface area contributed by atoms with Crippen LogP contribution in [0.25, 0.3) is 0 Å². The molecule has 0 spiro atoms. The molecule has 11 heteroatoms. The second-order valence-corrected chi connectivity index (χ2v) is 3.90. The number of nitro groups is 2. The highest BCUT2D eigenvalue weighted by Gasteiger charge is 2.20. The van der Waals surface area contributed by atoms with Crippen LogP contribution in [0, 0.1) is 20.2 Å². The number of benzene rings is 1. The Bertz CT molecular complexity index is 762. The molecule has 0 amide bonds. The average molecular weight is 303 g/mol. The Balaban J connectivity index is 2.26. The van der Waals surface area contributed by atoms with E-state index in [-0.39, 0.29) is 22.9 Å². The van der Waals surface area contributed by atoms with E-state index in [2.05, 4.69) is 20.5 Å². The van der Waals surface area contributed by atoms with Crippen LogP contribution in [0.5, 0.6) is 0 Å². The minimum atomic E-state index is -0.752. The van der Waals surface area contributed by atoms with E-state index >= 15 is 0 Å². The first-order chi connectivity index (χ1) is 10.5. The Hall–Kier alpha value is -3.63. The van der Waals surface area contributed by atoms with E-state index < -0.39 is 15.5 Å². The molecule has 0 bridgehead atoms. The van der Waals surface area contributed by atoms with E-state index in [1.807, 2.05) is 0 Å². The predicted molar refractivity (Wildman–Crippen MR) is 77.4 cm³/mol. The number of hydrogen-bond acceptors (Lipinski definition) is 9. The summed E-state index contributed by atoms with van der Waals surface area (Å²) in [5.74, 6) is -0.532. The number of hydrazone groups is 1. The lowest BCUT2D eigenvalue weighted by Crippen LogP contribution is -2.05. The van der Waals surface area contributed by atoms with Gasteiger partial charge < -0.3 is 5.73 Å². The molecule has 2 aromatic rings. The molecule has 0 aliphatic rings. The van der Waals surface area contributed by atoms with Crippen molar-refractivity contribution in [1.29, 1.82) is 0 Å². The third-order valence-electron chi connectivity index (χ3n) is 2.54. The standard InChI is InChI=1S/C11H9N7O4/c12-10-9(18(21)22)11(14-6-13-10)16-15-5-7-3-1-2-4-8(7)17(19)20/h1-6H,(H3,12,13,14,16)/b15-5-. The molecule has 3 N–H and O–H groups in total. The number of hydrogen-bond donors (Lipinski definition) is 2. The van der Waals surface area contributed by atoms with Gasteiger partial charge in [-0.15, -0.1) is 0 Å². The Morgan fingerprint density at radius 2 is 1.91 bits per heavy atom. The molecule has 22 heavy (non-hydrogen) atoms. The van der Waals surface area contributed by atoms with E-state index in [0.29, 0.717) is 0 Å². The van der Waals surface area contributed by atoms with Gasteiger partial charge >= 0.3 is 5.69 Å². The van der Waals surface area contributed by atoms with Crippen LogP contribution in [0.2, 0.25) is 0 Å². The van der Waals surface area contributed by atoms with Crippen LogP contribution in [0.4, 0.5) is 23.0 Å². The van der Waals surface area contributed by atoms with Crippen LogP contribution in [0.3, 0.4) is 0 Å². The maximum atomic E-state index is 10.9. The highest BCUT2D eigenvalue weighted by Crippen LogP contribution is 2.26. The van der Waals surface area contributed by atoms with E-state index in [1.54, 1.807) is 6.07 Å². The van der Waals surface area contributed by atoms with Crippen molar-refractivity contribution in [2.75, 3.05) is 11.2 Å². The van der Waals surface area contributed by atoms with Crippen LogP contribution < -0.4 is 11.2 Å². The number of anilines is 2. The smallest absolute Gasteiger partial charge is 0.354 e. The molecule has 0 fully saturated rings. The number of para-hydroxylation sites is 1. The molecule has 1 aromatic carbocycles. The van der Waals surface area contributed by atoms with Gasteiger partial charge in [0.05, 0.1) is 21.6 Å². The monoisotopic (exact) mass is 303 g/mol. The van der Waals surface area contributed by atoms with Crippen LogP contribution in [0.15, 0.2) is 35.7 Å². The number of aromatic nitrogens is 2. The summed E-state index contributed by atoms with van der Waals surface area (Å²) in [5.41, 5.74) is 7.27. The lowest BCUT2D eigenvalue weighted by molar-refractivity contribution is -0.385. The summed E-state index contributed by atoms with van der Waals surface area (Å²) in [4.78, 5) is 27.6. The fourth-order valence-corrected chi connectivity index (χ4v) is 1.58. The normalized spacial score (nSPS) is 10.5. The number of nitrogens with one attached hydrogen (secondary N) is 1. The van der Waals surface area contributed by atoms with Crippen LogP contribution >= 0.6 is 0 Å². The molecule has 2 rings (SSSR count). The molecule has 0 unspecified atom stereocenters. The number of rotatable bonds is 5. The molecular weight excluding hydrogens is 294 g/mol. The van der Waals surface area contributed by atoms with Crippen molar-refractivity contribution in [1.82, 2.24) is 9.97 Å². The summed E-state index contributed by atoms with van der Waals surface area (Å²) in [6, 6.07) is 5.90. The number of nitrogen functional groups attached to an aromatic ring is 1. The van der Waals surface area contributed by atoms with Crippen LogP contribution in [-0.4, -0.2) is 26.0 Å². The number of nitrogens with zero attached hydrogens (tertiary/aromatic N) is 5. The van der Waals surface area contributed by atoms with Crippen molar-refractivity contribution < 1.29 is 9.85 Å². The van der Waals surface area contributed by atoms with Gasteiger partial charge in [0.2, 0.25) is 11.6 Å². The maximum Gasteiger partial charge on any atom is 0.354 e. The van der Waals surface area contributed by atoms with Crippen molar-refractivity contribution in [3.05, 3.63) is 56.4 Å². The topological polar surface area (TPSA) is 162 Å². The van der Waals surface area contributed by atoms with Gasteiger partial charge in [-0.2, -0.15) is 5.10 Å². The Morgan fingerprint density at radius 1 is 1.18 bits per heavy atom. The number of nitrogens with two attached hydrogens (primary N) is 1. The van der Waals surface area contributed by atoms with E-state index in [9.17, 15) is 20.2 Å². The molecule has 0 atom stereocenters. The molecule has 112 valence electrons. The molecule has 0 aliphatic carbocycles. The van der Waals surface area contributed by atoms with Crippen molar-refractivity contribution in [2.24, 2.45) is 5.10 Å². The first-order valence-electron chi connectivity index (χ1n) is 5.78. The molecular formula is C11H9N7O4. The minimum Gasteiger partial charge on any atom is -0.378 e. The van der Waals surface area contributed by atoms with Gasteiger partial charge in [0.1, 0.15) is 6.33 Å². The van der Waals surface area contributed by atoms with Crippen molar-refractivity contribution in [3.63, 3.8) is 0 Å². The zero-order valence-electron chi connectivity index (χ0n) is 10.9. The van der Waals surface area contributed by atoms with Gasteiger partial charge in [0.15, 0.2) is 0 Å². The summed E-state index contributed by atoms with van der Waals surface area (Å²) in [5, 5.41) is 25.4. The number of nitro benzene ring substituents is 1. The molecule has 0 radical (unpaired) electrons. The van der Waals surface area contributed by atoms with Crippen LogP contribution in [0.1, 0.15) is 5.56 Å². The predicted octanol–water partition coefficient (Wildman–Crippen LogP) is 1.32. The van der Waals surface area contributed by atoms with Gasteiger partial charge in [-0.3, -0.25) is 25.7 Å². The molecule has 1 heterocycles. The third kappa shape index (κ3) is 3.09. The molecule has 1 aromatic heterocycles. The summed E-state index contributed by atoms with van der Waals surface area (Å²) in [7, 11) is 0. The summed E-state index contributed by atoms with van der Waals surface area (Å²) >= 11 is 0. The van der Waals surface area contributed by atoms with Gasteiger partial charge in [0, 0.05) is 6.07 Å². The fraction of sp³-hybridized carbons (Fsp3) is 0. The molecule has 11 nitrogen and oxygen atoms in total. The lowest BCUT2D eigenvalue weighted by Gasteiger charge is -2.02. The Kier molecular flexibility index (Phi) is 4.17. The SMILES string of the molecule is Nc1ncnc(N/N=C\c2ccccc2[N+](=O)[O-])c1[N+](=O)[O-]. The molecule has 0 aliphatic heterocycles. The highest BCUT2D eigenvalue weighted by molar-refractivity contribution is 5.85. The average Bonchev–Trinajstić information content (AvgIpc) is 2.47. The first-order valence-corrected chi connectivity index (χ1v) is 5.78. The van der Waals surface area contributed by atoms with Gasteiger partial charge in [0.25, 0.3) is 5.69 Å². The maximum absolute atomic E-state index is 10.9. The van der Waals surface area contributed by atoms with Gasteiger partial charge in [-0.05, 0) is 6.07 Å². The summed E-state index contributed by atoms with van der Waals surface area (Å²) in [6.07, 6.45) is 2.19. The second kappa shape index (κ2) is 6.21. The van der Waals surface area contributed by atoms with Crippen molar-refractivity contribution in [2.45, 2.75) is 0 Å². The Morgan fingerprint density at radius 3 is 2.59 bits per heavy atom. The van der Waals surface area contributed by atoms with Gasteiger partial charge in [-0.25, -0.2) is 9.97 Å². The van der Waals surface area contributed by atoms with E-state index in [0.717, 1.165) is 12.5 Å². The van der Waals surface area contributed by atoms with E-state index in [4.69, 9.17) is 5.73 Å². The zero-order chi connectivity index (χ0) is 16.1. The largest absolute Gasteiger partial charge is 0.378 e. The second-order valence-electron chi connectivity index (χ2n) is 3.90.